The van der Waals surface area contributed by atoms with Gasteiger partial charge in [-0.05, 0) is 32.4 Å². The SMILES string of the molecule is CC(c1cc2ccccc2o1)N(C)C(=O)C1(C)CC1(Cl)Cl. The summed E-state index contributed by atoms with van der Waals surface area (Å²) in [6.07, 6.45) is 0.485. The lowest BCUT2D eigenvalue weighted by Gasteiger charge is -2.27. The maximum atomic E-state index is 12.6. The molecule has 0 spiro atoms. The number of furan rings is 1. The molecule has 1 saturated carbocycles. The van der Waals surface area contributed by atoms with Gasteiger partial charge in [-0.25, -0.2) is 0 Å². The minimum absolute atomic E-state index is 0.0551. The van der Waals surface area contributed by atoms with Crippen molar-refractivity contribution in [1.29, 1.82) is 0 Å². The highest BCUT2D eigenvalue weighted by Crippen LogP contribution is 2.64. The summed E-state index contributed by atoms with van der Waals surface area (Å²) in [5.41, 5.74) is 0.118. The van der Waals surface area contributed by atoms with Crippen LogP contribution in [0.15, 0.2) is 34.7 Å². The third-order valence-corrected chi connectivity index (χ3v) is 5.59. The largest absolute Gasteiger partial charge is 0.459 e. The van der Waals surface area contributed by atoms with Gasteiger partial charge in [0.05, 0.1) is 11.5 Å². The van der Waals surface area contributed by atoms with Crippen LogP contribution in [0, 0.1) is 5.41 Å². The third-order valence-electron chi connectivity index (χ3n) is 4.49. The zero-order valence-corrected chi connectivity index (χ0v) is 13.7. The third kappa shape index (κ3) is 2.23. The molecule has 1 fully saturated rings. The summed E-state index contributed by atoms with van der Waals surface area (Å²) >= 11 is 12.2. The summed E-state index contributed by atoms with van der Waals surface area (Å²) in [4.78, 5) is 14.2. The van der Waals surface area contributed by atoms with Crippen LogP contribution in [0.3, 0.4) is 0 Å². The van der Waals surface area contributed by atoms with Crippen LogP contribution >= 0.6 is 23.2 Å². The number of para-hydroxylation sites is 1. The molecule has 0 radical (unpaired) electrons. The minimum atomic E-state index is -0.952. The molecule has 0 N–H and O–H groups in total. The van der Waals surface area contributed by atoms with Gasteiger partial charge >= 0.3 is 0 Å². The Morgan fingerprint density at radius 2 is 2.00 bits per heavy atom. The zero-order valence-electron chi connectivity index (χ0n) is 12.2. The van der Waals surface area contributed by atoms with Crippen LogP contribution in [0.25, 0.3) is 11.0 Å². The Bertz CT molecular complexity index is 676. The van der Waals surface area contributed by atoms with Gasteiger partial charge in [0.1, 0.15) is 15.7 Å². The van der Waals surface area contributed by atoms with E-state index in [0.29, 0.717) is 6.42 Å². The molecule has 1 aliphatic rings. The first-order valence-electron chi connectivity index (χ1n) is 6.90. The van der Waals surface area contributed by atoms with E-state index in [2.05, 4.69) is 0 Å². The molecular weight excluding hydrogens is 309 g/mol. The smallest absolute Gasteiger partial charge is 0.232 e. The van der Waals surface area contributed by atoms with Gasteiger partial charge in [0.25, 0.3) is 0 Å². The highest BCUT2D eigenvalue weighted by atomic mass is 35.5. The number of benzene rings is 1. The zero-order chi connectivity index (χ0) is 15.4. The molecule has 2 aromatic rings. The maximum absolute atomic E-state index is 12.6. The molecule has 0 aliphatic heterocycles. The van der Waals surface area contributed by atoms with Crippen LogP contribution in [0.4, 0.5) is 0 Å². The summed E-state index contributed by atoms with van der Waals surface area (Å²) < 4.78 is 4.87. The first-order valence-corrected chi connectivity index (χ1v) is 7.65. The molecule has 21 heavy (non-hydrogen) atoms. The average molecular weight is 326 g/mol. The number of nitrogens with zero attached hydrogens (tertiary/aromatic N) is 1. The Hall–Kier alpha value is -1.19. The van der Waals surface area contributed by atoms with Crippen LogP contribution in [0.1, 0.15) is 32.1 Å². The van der Waals surface area contributed by atoms with Gasteiger partial charge in [0, 0.05) is 12.4 Å². The Morgan fingerprint density at radius 1 is 1.38 bits per heavy atom. The minimum Gasteiger partial charge on any atom is -0.459 e. The van der Waals surface area contributed by atoms with Crippen molar-refractivity contribution < 1.29 is 9.21 Å². The summed E-state index contributed by atoms with van der Waals surface area (Å²) in [6, 6.07) is 9.58. The lowest BCUT2D eigenvalue weighted by Crippen LogP contribution is -2.36. The molecule has 112 valence electrons. The van der Waals surface area contributed by atoms with Crippen LogP contribution < -0.4 is 0 Å². The summed E-state index contributed by atoms with van der Waals surface area (Å²) in [6.45, 7) is 3.74. The summed E-state index contributed by atoms with van der Waals surface area (Å²) in [5.74, 6) is 0.700. The molecule has 2 atom stereocenters. The Morgan fingerprint density at radius 3 is 2.57 bits per heavy atom. The van der Waals surface area contributed by atoms with Crippen molar-refractivity contribution in [3.05, 3.63) is 36.1 Å². The number of hydrogen-bond donors (Lipinski definition) is 0. The average Bonchev–Trinajstić information content (AvgIpc) is 2.82. The van der Waals surface area contributed by atoms with E-state index in [9.17, 15) is 4.79 Å². The Labute approximate surface area is 133 Å². The standard InChI is InChI=1S/C16H17Cl2NO2/c1-10(13-8-11-6-4-5-7-12(11)21-13)19(3)14(20)15(2)9-16(15,17)18/h4-8,10H,9H2,1-3H3. The number of amides is 1. The highest BCUT2D eigenvalue weighted by Gasteiger charge is 2.68. The topological polar surface area (TPSA) is 33.5 Å². The van der Waals surface area contributed by atoms with Crippen molar-refractivity contribution in [2.75, 3.05) is 7.05 Å². The lowest BCUT2D eigenvalue weighted by molar-refractivity contribution is -0.137. The molecule has 0 bridgehead atoms. The van der Waals surface area contributed by atoms with Crippen LogP contribution in [0.2, 0.25) is 0 Å². The predicted molar refractivity (Wildman–Crippen MR) is 84.6 cm³/mol. The normalized spacial score (nSPS) is 24.8. The lowest BCUT2D eigenvalue weighted by atomic mass is 10.1. The monoisotopic (exact) mass is 325 g/mol. The fourth-order valence-corrected chi connectivity index (χ4v) is 3.29. The van der Waals surface area contributed by atoms with E-state index in [1.165, 1.54) is 0 Å². The molecule has 1 heterocycles. The second kappa shape index (κ2) is 4.65. The molecule has 1 aliphatic carbocycles. The van der Waals surface area contributed by atoms with E-state index in [1.54, 1.807) is 18.9 Å². The number of carbonyl (C=O) groups is 1. The van der Waals surface area contributed by atoms with Crippen molar-refractivity contribution in [2.24, 2.45) is 5.41 Å². The number of rotatable bonds is 3. The van der Waals surface area contributed by atoms with Crippen LogP contribution in [-0.2, 0) is 4.79 Å². The first-order chi connectivity index (χ1) is 9.76. The number of hydrogen-bond acceptors (Lipinski definition) is 2. The van der Waals surface area contributed by atoms with E-state index >= 15 is 0 Å². The Balaban J connectivity index is 1.84. The van der Waals surface area contributed by atoms with Gasteiger partial charge in [0.15, 0.2) is 0 Å². The van der Waals surface area contributed by atoms with Crippen molar-refractivity contribution in [3.63, 3.8) is 0 Å². The molecule has 2 unspecified atom stereocenters. The van der Waals surface area contributed by atoms with Gasteiger partial charge < -0.3 is 9.32 Å². The molecule has 3 rings (SSSR count). The number of carbonyl (C=O) groups excluding carboxylic acids is 1. The molecule has 3 nitrogen and oxygen atoms in total. The van der Waals surface area contributed by atoms with Gasteiger partial charge in [-0.3, -0.25) is 4.79 Å². The van der Waals surface area contributed by atoms with E-state index in [1.807, 2.05) is 37.3 Å². The van der Waals surface area contributed by atoms with Gasteiger partial charge in [-0.1, -0.05) is 18.2 Å². The van der Waals surface area contributed by atoms with Gasteiger partial charge in [-0.2, -0.15) is 0 Å². The maximum Gasteiger partial charge on any atom is 0.232 e. The van der Waals surface area contributed by atoms with Gasteiger partial charge in [0.2, 0.25) is 5.91 Å². The van der Waals surface area contributed by atoms with Crippen LogP contribution in [-0.4, -0.2) is 22.2 Å². The molecule has 1 amide bonds. The van der Waals surface area contributed by atoms with Crippen molar-refractivity contribution in [1.82, 2.24) is 4.90 Å². The van der Waals surface area contributed by atoms with Crippen molar-refractivity contribution in [2.45, 2.75) is 30.6 Å². The predicted octanol–water partition coefficient (Wildman–Crippen LogP) is 4.54. The number of alkyl halides is 2. The second-order valence-electron chi connectivity index (χ2n) is 5.99. The molecular formula is C16H17Cl2NO2. The molecule has 1 aromatic carbocycles. The summed E-state index contributed by atoms with van der Waals surface area (Å²) in [7, 11) is 1.76. The number of halogens is 2. The van der Waals surface area contributed by atoms with Crippen LogP contribution in [0.5, 0.6) is 0 Å². The van der Waals surface area contributed by atoms with Crippen molar-refractivity contribution >= 4 is 40.1 Å². The summed E-state index contributed by atoms with van der Waals surface area (Å²) in [5, 5.41) is 1.03. The second-order valence-corrected chi connectivity index (χ2v) is 7.48. The highest BCUT2D eigenvalue weighted by molar-refractivity contribution is 6.53. The van der Waals surface area contributed by atoms with E-state index in [-0.39, 0.29) is 11.9 Å². The van der Waals surface area contributed by atoms with E-state index < -0.39 is 9.75 Å². The molecule has 1 aromatic heterocycles. The molecule has 0 saturated heterocycles. The van der Waals surface area contributed by atoms with E-state index in [4.69, 9.17) is 27.6 Å². The number of fused-ring (bicyclic) bond motifs is 1. The quantitative estimate of drug-likeness (QED) is 0.776. The fourth-order valence-electron chi connectivity index (χ4n) is 2.60. The van der Waals surface area contributed by atoms with Gasteiger partial charge in [-0.15, -0.1) is 23.2 Å². The van der Waals surface area contributed by atoms with E-state index in [0.717, 1.165) is 16.7 Å². The Kier molecular flexibility index (Phi) is 3.26. The first kappa shape index (κ1) is 14.7. The fraction of sp³-hybridized carbons (Fsp3) is 0.438. The van der Waals surface area contributed by atoms with Crippen molar-refractivity contribution in [3.8, 4) is 0 Å². The molecule has 5 heteroatoms.